The highest BCUT2D eigenvalue weighted by atomic mass is 35.5. The van der Waals surface area contributed by atoms with E-state index in [1.165, 1.54) is 0 Å². The fraction of sp³-hybridized carbons (Fsp3) is 0. The first-order valence-corrected chi connectivity index (χ1v) is 6.37. The van der Waals surface area contributed by atoms with Crippen molar-refractivity contribution in [3.63, 3.8) is 0 Å². The molecule has 0 unspecified atom stereocenters. The van der Waals surface area contributed by atoms with Crippen molar-refractivity contribution >= 4 is 17.9 Å². The molecule has 2 heterocycles. The van der Waals surface area contributed by atoms with Crippen LogP contribution >= 0.6 is 11.6 Å². The lowest BCUT2D eigenvalue weighted by Crippen LogP contribution is -1.95. The summed E-state index contributed by atoms with van der Waals surface area (Å²) in [6.07, 6.45) is 5.79. The van der Waals surface area contributed by atoms with Gasteiger partial charge >= 0.3 is 0 Å². The van der Waals surface area contributed by atoms with Gasteiger partial charge in [0.05, 0.1) is 16.3 Å². The molecule has 3 rings (SSSR count). The van der Waals surface area contributed by atoms with Gasteiger partial charge in [-0.3, -0.25) is 9.78 Å². The van der Waals surface area contributed by atoms with Crippen molar-refractivity contribution in [2.75, 3.05) is 0 Å². The maximum absolute atomic E-state index is 11.2. The molecule has 1 aromatic carbocycles. The third kappa shape index (κ3) is 2.21. The number of carbonyl (C=O) groups excluding carboxylic acids is 1. The van der Waals surface area contributed by atoms with Gasteiger partial charge < -0.3 is 0 Å². The van der Waals surface area contributed by atoms with Crippen LogP contribution in [-0.4, -0.2) is 21.1 Å². The first-order valence-electron chi connectivity index (χ1n) is 6.00. The smallest absolute Gasteiger partial charge is 0.153 e. The highest BCUT2D eigenvalue weighted by Gasteiger charge is 2.12. The van der Waals surface area contributed by atoms with Crippen LogP contribution in [0.15, 0.2) is 55.0 Å². The molecule has 2 aromatic heterocycles. The minimum absolute atomic E-state index is 0.510. The first kappa shape index (κ1) is 12.6. The summed E-state index contributed by atoms with van der Waals surface area (Å²) in [6, 6.07) is 11.0. The normalized spacial score (nSPS) is 10.4. The molecule has 20 heavy (non-hydrogen) atoms. The Labute approximate surface area is 120 Å². The van der Waals surface area contributed by atoms with Crippen LogP contribution in [0.4, 0.5) is 0 Å². The number of aldehydes is 1. The topological polar surface area (TPSA) is 47.8 Å². The van der Waals surface area contributed by atoms with E-state index in [9.17, 15) is 4.79 Å². The van der Waals surface area contributed by atoms with Crippen molar-refractivity contribution in [3.8, 4) is 16.9 Å². The molecule has 0 spiro atoms. The van der Waals surface area contributed by atoms with Gasteiger partial charge in [-0.2, -0.15) is 5.10 Å². The van der Waals surface area contributed by atoms with Crippen LogP contribution in [-0.2, 0) is 0 Å². The Hall–Kier alpha value is -2.46. The van der Waals surface area contributed by atoms with Gasteiger partial charge in [0.1, 0.15) is 5.69 Å². The summed E-state index contributed by atoms with van der Waals surface area (Å²) in [7, 11) is 0. The van der Waals surface area contributed by atoms with Gasteiger partial charge in [-0.1, -0.05) is 23.7 Å². The zero-order valence-corrected chi connectivity index (χ0v) is 11.2. The van der Waals surface area contributed by atoms with E-state index in [0.717, 1.165) is 17.5 Å². The van der Waals surface area contributed by atoms with Crippen LogP contribution in [0.1, 0.15) is 10.4 Å². The average Bonchev–Trinajstić information content (AvgIpc) is 2.92. The van der Waals surface area contributed by atoms with E-state index in [1.54, 1.807) is 29.3 Å². The molecular weight excluding hydrogens is 274 g/mol. The molecule has 4 nitrogen and oxygen atoms in total. The number of pyridine rings is 1. The Morgan fingerprint density at radius 3 is 2.55 bits per heavy atom. The standard InChI is InChI=1S/C15H10ClN3O/c16-13-3-1-2-4-14(13)19-9-12(10-20)15(18-19)11-5-7-17-8-6-11/h1-10H. The van der Waals surface area contributed by atoms with Crippen LogP contribution in [0.25, 0.3) is 16.9 Å². The van der Waals surface area contributed by atoms with E-state index in [2.05, 4.69) is 10.1 Å². The monoisotopic (exact) mass is 283 g/mol. The maximum Gasteiger partial charge on any atom is 0.153 e. The molecule has 0 radical (unpaired) electrons. The molecule has 0 aliphatic rings. The van der Waals surface area contributed by atoms with Gasteiger partial charge in [-0.05, 0) is 24.3 Å². The summed E-state index contributed by atoms with van der Waals surface area (Å²) in [5.74, 6) is 0. The second-order valence-corrected chi connectivity index (χ2v) is 4.59. The fourth-order valence-corrected chi connectivity index (χ4v) is 2.19. The predicted molar refractivity (Wildman–Crippen MR) is 77.2 cm³/mol. The van der Waals surface area contributed by atoms with E-state index in [4.69, 9.17) is 11.6 Å². The van der Waals surface area contributed by atoms with Crippen molar-refractivity contribution in [2.24, 2.45) is 0 Å². The summed E-state index contributed by atoms with van der Waals surface area (Å²) >= 11 is 6.15. The van der Waals surface area contributed by atoms with E-state index in [-0.39, 0.29) is 0 Å². The number of para-hydroxylation sites is 1. The van der Waals surface area contributed by atoms with Gasteiger partial charge in [-0.25, -0.2) is 4.68 Å². The Balaban J connectivity index is 2.15. The number of rotatable bonds is 3. The number of hydrogen-bond acceptors (Lipinski definition) is 3. The number of carbonyl (C=O) groups is 1. The summed E-state index contributed by atoms with van der Waals surface area (Å²) in [5.41, 5.74) is 2.70. The number of aromatic nitrogens is 3. The summed E-state index contributed by atoms with van der Waals surface area (Å²) in [5, 5.41) is 5.03. The quantitative estimate of drug-likeness (QED) is 0.692. The zero-order chi connectivity index (χ0) is 13.9. The Bertz CT molecular complexity index is 753. The summed E-state index contributed by atoms with van der Waals surface area (Å²) in [6.45, 7) is 0. The van der Waals surface area contributed by atoms with Crippen LogP contribution in [0, 0.1) is 0 Å². The fourth-order valence-electron chi connectivity index (χ4n) is 1.97. The molecule has 0 fully saturated rings. The summed E-state index contributed by atoms with van der Waals surface area (Å²) in [4.78, 5) is 15.2. The van der Waals surface area contributed by atoms with Gasteiger partial charge in [0, 0.05) is 24.2 Å². The molecule has 0 aliphatic carbocycles. The Morgan fingerprint density at radius 2 is 1.85 bits per heavy atom. The highest BCUT2D eigenvalue weighted by molar-refractivity contribution is 6.32. The van der Waals surface area contributed by atoms with Crippen LogP contribution < -0.4 is 0 Å². The van der Waals surface area contributed by atoms with E-state index < -0.39 is 0 Å². The first-order chi connectivity index (χ1) is 9.79. The Morgan fingerprint density at radius 1 is 1.10 bits per heavy atom. The molecule has 0 bridgehead atoms. The molecule has 98 valence electrons. The lowest BCUT2D eigenvalue weighted by Gasteiger charge is -2.03. The third-order valence-corrected chi connectivity index (χ3v) is 3.24. The highest BCUT2D eigenvalue weighted by Crippen LogP contribution is 2.24. The van der Waals surface area contributed by atoms with Crippen molar-refractivity contribution < 1.29 is 4.79 Å². The molecule has 5 heteroatoms. The molecule has 0 amide bonds. The number of halogens is 1. The largest absolute Gasteiger partial charge is 0.298 e. The van der Waals surface area contributed by atoms with Crippen molar-refractivity contribution in [1.82, 2.24) is 14.8 Å². The van der Waals surface area contributed by atoms with E-state index >= 15 is 0 Å². The second kappa shape index (κ2) is 5.27. The molecule has 0 saturated heterocycles. The number of hydrogen-bond donors (Lipinski definition) is 0. The predicted octanol–water partition coefficient (Wildman–Crippen LogP) is 3.40. The Kier molecular flexibility index (Phi) is 3.31. The maximum atomic E-state index is 11.2. The lowest BCUT2D eigenvalue weighted by molar-refractivity contribution is 0.112. The van der Waals surface area contributed by atoms with Crippen LogP contribution in [0.2, 0.25) is 5.02 Å². The molecule has 0 N–H and O–H groups in total. The molecule has 0 aliphatic heterocycles. The van der Waals surface area contributed by atoms with E-state index in [0.29, 0.717) is 16.3 Å². The second-order valence-electron chi connectivity index (χ2n) is 4.18. The SMILES string of the molecule is O=Cc1cn(-c2ccccc2Cl)nc1-c1ccncc1. The van der Waals surface area contributed by atoms with Crippen molar-refractivity contribution in [3.05, 3.63) is 65.6 Å². The van der Waals surface area contributed by atoms with Crippen molar-refractivity contribution in [1.29, 1.82) is 0 Å². The minimum atomic E-state index is 0.510. The lowest BCUT2D eigenvalue weighted by atomic mass is 10.1. The average molecular weight is 284 g/mol. The number of nitrogens with zero attached hydrogens (tertiary/aromatic N) is 3. The van der Waals surface area contributed by atoms with E-state index in [1.807, 2.05) is 30.3 Å². The molecular formula is C15H10ClN3O. The zero-order valence-electron chi connectivity index (χ0n) is 10.4. The van der Waals surface area contributed by atoms with Crippen LogP contribution in [0.5, 0.6) is 0 Å². The van der Waals surface area contributed by atoms with Gasteiger partial charge in [0.15, 0.2) is 6.29 Å². The third-order valence-electron chi connectivity index (χ3n) is 2.92. The minimum Gasteiger partial charge on any atom is -0.298 e. The van der Waals surface area contributed by atoms with Crippen LogP contribution in [0.3, 0.4) is 0 Å². The van der Waals surface area contributed by atoms with Gasteiger partial charge in [0.25, 0.3) is 0 Å². The number of benzene rings is 1. The molecule has 0 atom stereocenters. The van der Waals surface area contributed by atoms with Crippen molar-refractivity contribution in [2.45, 2.75) is 0 Å². The van der Waals surface area contributed by atoms with Gasteiger partial charge in [0.2, 0.25) is 0 Å². The van der Waals surface area contributed by atoms with Gasteiger partial charge in [-0.15, -0.1) is 0 Å². The molecule has 3 aromatic rings. The molecule has 0 saturated carbocycles. The summed E-state index contributed by atoms with van der Waals surface area (Å²) < 4.78 is 1.61.